The monoisotopic (exact) mass is 362 g/mol. The maximum atomic E-state index is 13.0. The summed E-state index contributed by atoms with van der Waals surface area (Å²) in [5.41, 5.74) is 2.99. The third kappa shape index (κ3) is 3.84. The SMILES string of the molecule is Cc1cc([C@H](C#N)C(=O)c2sc(Cc3ccccc3)nc2C)nc(C)n1. The number of rotatable bonds is 5. The van der Waals surface area contributed by atoms with Crippen molar-refractivity contribution >= 4 is 17.1 Å². The molecule has 0 bridgehead atoms. The van der Waals surface area contributed by atoms with Crippen LogP contribution in [-0.2, 0) is 6.42 Å². The van der Waals surface area contributed by atoms with Crippen LogP contribution >= 0.6 is 11.3 Å². The van der Waals surface area contributed by atoms with Crippen LogP contribution in [0.1, 0.15) is 49.1 Å². The molecule has 0 aliphatic heterocycles. The second kappa shape index (κ2) is 7.54. The molecule has 0 saturated heterocycles. The lowest BCUT2D eigenvalue weighted by Crippen LogP contribution is -2.14. The topological polar surface area (TPSA) is 79.5 Å². The number of Topliss-reactive ketones (excluding diaryl/α,β-unsaturated/α-hetero) is 1. The Morgan fingerprint density at radius 2 is 1.88 bits per heavy atom. The number of aryl methyl sites for hydroxylation is 3. The lowest BCUT2D eigenvalue weighted by molar-refractivity contribution is 0.0980. The predicted octanol–water partition coefficient (Wildman–Crippen LogP) is 3.94. The fraction of sp³-hybridized carbons (Fsp3) is 0.250. The normalized spacial score (nSPS) is 11.8. The Kier molecular flexibility index (Phi) is 5.19. The maximum absolute atomic E-state index is 13.0. The van der Waals surface area contributed by atoms with E-state index in [1.54, 1.807) is 13.0 Å². The number of ketones is 1. The zero-order valence-corrected chi connectivity index (χ0v) is 15.7. The van der Waals surface area contributed by atoms with Gasteiger partial charge in [0, 0.05) is 12.1 Å². The van der Waals surface area contributed by atoms with E-state index in [0.29, 0.717) is 28.5 Å². The van der Waals surface area contributed by atoms with Gasteiger partial charge in [-0.25, -0.2) is 15.0 Å². The maximum Gasteiger partial charge on any atom is 0.197 e. The smallest absolute Gasteiger partial charge is 0.197 e. The van der Waals surface area contributed by atoms with Gasteiger partial charge >= 0.3 is 0 Å². The summed E-state index contributed by atoms with van der Waals surface area (Å²) < 4.78 is 0. The molecule has 130 valence electrons. The van der Waals surface area contributed by atoms with Gasteiger partial charge in [-0.2, -0.15) is 5.26 Å². The molecule has 1 aromatic carbocycles. The minimum atomic E-state index is -0.945. The van der Waals surface area contributed by atoms with Crippen LogP contribution < -0.4 is 0 Å². The molecule has 6 heteroatoms. The second-order valence-electron chi connectivity index (χ2n) is 6.09. The summed E-state index contributed by atoms with van der Waals surface area (Å²) in [6.07, 6.45) is 0.669. The Labute approximate surface area is 156 Å². The van der Waals surface area contributed by atoms with Crippen molar-refractivity contribution in [3.8, 4) is 6.07 Å². The molecule has 0 amide bonds. The molecule has 0 radical (unpaired) electrons. The molecule has 0 unspecified atom stereocenters. The van der Waals surface area contributed by atoms with E-state index < -0.39 is 5.92 Å². The Morgan fingerprint density at radius 3 is 2.54 bits per heavy atom. The van der Waals surface area contributed by atoms with E-state index in [2.05, 4.69) is 21.0 Å². The van der Waals surface area contributed by atoms with Gasteiger partial charge in [-0.3, -0.25) is 4.79 Å². The molecule has 0 spiro atoms. The minimum Gasteiger partial charge on any atom is -0.291 e. The first-order valence-electron chi connectivity index (χ1n) is 8.24. The van der Waals surface area contributed by atoms with Gasteiger partial charge in [-0.05, 0) is 32.4 Å². The lowest BCUT2D eigenvalue weighted by atomic mass is 9.99. The Bertz CT molecular complexity index is 969. The van der Waals surface area contributed by atoms with E-state index in [1.165, 1.54) is 11.3 Å². The number of thiazole rings is 1. The van der Waals surface area contributed by atoms with Crippen molar-refractivity contribution in [2.24, 2.45) is 0 Å². The first-order valence-corrected chi connectivity index (χ1v) is 9.06. The fourth-order valence-electron chi connectivity index (χ4n) is 2.81. The minimum absolute atomic E-state index is 0.251. The molecule has 1 atom stereocenters. The number of aromatic nitrogens is 3. The number of carbonyl (C=O) groups is 1. The largest absolute Gasteiger partial charge is 0.291 e. The second-order valence-corrected chi connectivity index (χ2v) is 7.18. The lowest BCUT2D eigenvalue weighted by Gasteiger charge is -2.08. The molecular formula is C20H18N4OS. The van der Waals surface area contributed by atoms with Crippen molar-refractivity contribution in [3.05, 3.63) is 74.8 Å². The number of nitriles is 1. The summed E-state index contributed by atoms with van der Waals surface area (Å²) in [7, 11) is 0. The molecule has 0 saturated carbocycles. The average Bonchev–Trinajstić information content (AvgIpc) is 2.96. The van der Waals surface area contributed by atoms with E-state index in [1.807, 2.05) is 44.2 Å². The number of benzene rings is 1. The van der Waals surface area contributed by atoms with Crippen LogP contribution in [0.2, 0.25) is 0 Å². The summed E-state index contributed by atoms with van der Waals surface area (Å²) >= 11 is 1.35. The highest BCUT2D eigenvalue weighted by atomic mass is 32.1. The quantitative estimate of drug-likeness (QED) is 0.642. The van der Waals surface area contributed by atoms with E-state index >= 15 is 0 Å². The van der Waals surface area contributed by atoms with Crippen molar-refractivity contribution in [1.29, 1.82) is 5.26 Å². The summed E-state index contributed by atoms with van der Waals surface area (Å²) in [4.78, 5) is 26.5. The zero-order chi connectivity index (χ0) is 18.7. The number of nitrogens with zero attached hydrogens (tertiary/aromatic N) is 4. The van der Waals surface area contributed by atoms with Crippen molar-refractivity contribution in [2.45, 2.75) is 33.1 Å². The van der Waals surface area contributed by atoms with Crippen molar-refractivity contribution in [2.75, 3.05) is 0 Å². The number of hydrogen-bond acceptors (Lipinski definition) is 6. The van der Waals surface area contributed by atoms with Gasteiger partial charge < -0.3 is 0 Å². The summed E-state index contributed by atoms with van der Waals surface area (Å²) in [5, 5.41) is 10.4. The van der Waals surface area contributed by atoms with Crippen LogP contribution in [0.3, 0.4) is 0 Å². The molecule has 26 heavy (non-hydrogen) atoms. The highest BCUT2D eigenvalue weighted by molar-refractivity contribution is 7.13. The van der Waals surface area contributed by atoms with E-state index in [4.69, 9.17) is 0 Å². The van der Waals surface area contributed by atoms with Gasteiger partial charge in [-0.1, -0.05) is 30.3 Å². The number of carbonyl (C=O) groups excluding carboxylic acids is 1. The van der Waals surface area contributed by atoms with Gasteiger partial charge in [0.05, 0.1) is 27.3 Å². The molecule has 0 fully saturated rings. The van der Waals surface area contributed by atoms with Crippen molar-refractivity contribution in [1.82, 2.24) is 15.0 Å². The van der Waals surface area contributed by atoms with Crippen molar-refractivity contribution in [3.63, 3.8) is 0 Å². The summed E-state index contributed by atoms with van der Waals surface area (Å²) in [5.74, 6) is -0.641. The van der Waals surface area contributed by atoms with Gasteiger partial charge in [0.25, 0.3) is 0 Å². The number of hydrogen-bond donors (Lipinski definition) is 0. The molecule has 5 nitrogen and oxygen atoms in total. The summed E-state index contributed by atoms with van der Waals surface area (Å²) in [6.45, 7) is 5.39. The predicted molar refractivity (Wildman–Crippen MR) is 100 cm³/mol. The zero-order valence-electron chi connectivity index (χ0n) is 14.9. The van der Waals surface area contributed by atoms with E-state index in [0.717, 1.165) is 16.3 Å². The first kappa shape index (κ1) is 17.9. The molecule has 0 N–H and O–H groups in total. The highest BCUT2D eigenvalue weighted by Gasteiger charge is 2.27. The standard InChI is InChI=1S/C20H18N4OS/c1-12-9-17(24-14(3)22-12)16(11-21)19(25)20-13(2)23-18(26-20)10-15-7-5-4-6-8-15/h4-9,16H,10H2,1-3H3/t16-/m0/s1. The molecule has 2 aromatic heterocycles. The van der Waals surface area contributed by atoms with E-state index in [9.17, 15) is 10.1 Å². The van der Waals surface area contributed by atoms with Crippen LogP contribution in [-0.4, -0.2) is 20.7 Å². The van der Waals surface area contributed by atoms with Crippen LogP contribution in [0.15, 0.2) is 36.4 Å². The Hall–Kier alpha value is -2.91. The van der Waals surface area contributed by atoms with Crippen LogP contribution in [0.25, 0.3) is 0 Å². The molecular weight excluding hydrogens is 344 g/mol. The third-order valence-electron chi connectivity index (χ3n) is 3.94. The molecule has 2 heterocycles. The molecule has 0 aliphatic carbocycles. The Balaban J connectivity index is 1.90. The van der Waals surface area contributed by atoms with Gasteiger partial charge in [0.15, 0.2) is 11.7 Å². The molecule has 3 aromatic rings. The molecule has 0 aliphatic rings. The summed E-state index contributed by atoms with van der Waals surface area (Å²) in [6, 6.07) is 13.8. The first-order chi connectivity index (χ1) is 12.5. The van der Waals surface area contributed by atoms with Crippen LogP contribution in [0, 0.1) is 32.1 Å². The van der Waals surface area contributed by atoms with Crippen molar-refractivity contribution < 1.29 is 4.79 Å². The van der Waals surface area contributed by atoms with Gasteiger partial charge in [-0.15, -0.1) is 11.3 Å². The van der Waals surface area contributed by atoms with Gasteiger partial charge in [0.1, 0.15) is 5.82 Å². The highest BCUT2D eigenvalue weighted by Crippen LogP contribution is 2.27. The Morgan fingerprint density at radius 1 is 1.15 bits per heavy atom. The van der Waals surface area contributed by atoms with Gasteiger partial charge in [0.2, 0.25) is 0 Å². The third-order valence-corrected chi connectivity index (χ3v) is 5.11. The fourth-order valence-corrected chi connectivity index (χ4v) is 3.88. The van der Waals surface area contributed by atoms with Crippen LogP contribution in [0.4, 0.5) is 0 Å². The van der Waals surface area contributed by atoms with E-state index in [-0.39, 0.29) is 5.78 Å². The van der Waals surface area contributed by atoms with Crippen LogP contribution in [0.5, 0.6) is 0 Å². The molecule has 3 rings (SSSR count). The average molecular weight is 362 g/mol.